The van der Waals surface area contributed by atoms with Crippen molar-refractivity contribution < 1.29 is 4.74 Å². The van der Waals surface area contributed by atoms with Crippen LogP contribution in [0, 0.1) is 11.8 Å². The van der Waals surface area contributed by atoms with Crippen molar-refractivity contribution in [2.45, 2.75) is 44.2 Å². The SMILES string of the molecule is N[C@H]1C[C@H]2CCC[C@@H](C1)C2Oc1cc2cc[nH]c(=O)c2cc1Cl. The van der Waals surface area contributed by atoms with Gasteiger partial charge in [0.1, 0.15) is 11.9 Å². The van der Waals surface area contributed by atoms with Gasteiger partial charge < -0.3 is 15.5 Å². The predicted molar refractivity (Wildman–Crippen MR) is 92.0 cm³/mol. The van der Waals surface area contributed by atoms with E-state index in [0.717, 1.165) is 18.2 Å². The average molecular weight is 333 g/mol. The van der Waals surface area contributed by atoms with Crippen molar-refractivity contribution in [2.75, 3.05) is 0 Å². The third kappa shape index (κ3) is 2.74. The van der Waals surface area contributed by atoms with Crippen molar-refractivity contribution >= 4 is 22.4 Å². The minimum absolute atomic E-state index is 0.128. The lowest BCUT2D eigenvalue weighted by Crippen LogP contribution is -2.48. The van der Waals surface area contributed by atoms with Crippen LogP contribution in [0.3, 0.4) is 0 Å². The molecule has 1 aromatic heterocycles. The van der Waals surface area contributed by atoms with Crippen molar-refractivity contribution in [1.82, 2.24) is 4.98 Å². The summed E-state index contributed by atoms with van der Waals surface area (Å²) in [6, 6.07) is 5.76. The van der Waals surface area contributed by atoms with Crippen LogP contribution in [-0.2, 0) is 0 Å². The smallest absolute Gasteiger partial charge is 0.255 e. The Morgan fingerprint density at radius 2 is 1.96 bits per heavy atom. The average Bonchev–Trinajstić information content (AvgIpc) is 2.50. The van der Waals surface area contributed by atoms with E-state index in [9.17, 15) is 4.79 Å². The Bertz CT molecular complexity index is 774. The van der Waals surface area contributed by atoms with E-state index < -0.39 is 0 Å². The van der Waals surface area contributed by atoms with Gasteiger partial charge in [0.2, 0.25) is 0 Å². The summed E-state index contributed by atoms with van der Waals surface area (Å²) in [7, 11) is 0. The molecule has 4 nitrogen and oxygen atoms in total. The molecule has 0 saturated heterocycles. The fraction of sp³-hybridized carbons (Fsp3) is 0.500. The van der Waals surface area contributed by atoms with Crippen LogP contribution < -0.4 is 16.0 Å². The molecule has 0 aliphatic heterocycles. The largest absolute Gasteiger partial charge is 0.488 e. The van der Waals surface area contributed by atoms with E-state index in [0.29, 0.717) is 34.0 Å². The normalized spacial score (nSPS) is 30.3. The summed E-state index contributed by atoms with van der Waals surface area (Å²) in [6.07, 6.45) is 7.54. The lowest BCUT2D eigenvalue weighted by molar-refractivity contribution is -0.00167. The summed E-state index contributed by atoms with van der Waals surface area (Å²) < 4.78 is 6.35. The van der Waals surface area contributed by atoms with Gasteiger partial charge in [-0.15, -0.1) is 0 Å². The molecule has 0 radical (unpaired) electrons. The van der Waals surface area contributed by atoms with Crippen LogP contribution in [0.1, 0.15) is 32.1 Å². The fourth-order valence-corrected chi connectivity index (χ4v) is 4.56. The Hall–Kier alpha value is -1.52. The molecule has 4 atom stereocenters. The van der Waals surface area contributed by atoms with E-state index in [1.54, 1.807) is 12.3 Å². The third-order valence-corrected chi connectivity index (χ3v) is 5.67. The highest BCUT2D eigenvalue weighted by Gasteiger charge is 2.41. The molecule has 2 aromatic rings. The first kappa shape index (κ1) is 15.0. The Kier molecular flexibility index (Phi) is 3.82. The number of aromatic amines is 1. The van der Waals surface area contributed by atoms with E-state index in [2.05, 4.69) is 4.98 Å². The van der Waals surface area contributed by atoms with Crippen LogP contribution in [0.2, 0.25) is 5.02 Å². The minimum Gasteiger partial charge on any atom is -0.488 e. The quantitative estimate of drug-likeness (QED) is 0.884. The Morgan fingerprint density at radius 3 is 2.70 bits per heavy atom. The van der Waals surface area contributed by atoms with Gasteiger partial charge in [0.15, 0.2) is 0 Å². The van der Waals surface area contributed by atoms with Gasteiger partial charge in [-0.1, -0.05) is 18.0 Å². The summed E-state index contributed by atoms with van der Waals surface area (Å²) in [5.41, 5.74) is 6.05. The number of ether oxygens (including phenoxy) is 1. The molecule has 0 spiro atoms. The molecule has 0 amide bonds. The number of hydrogen-bond acceptors (Lipinski definition) is 3. The van der Waals surface area contributed by atoms with Gasteiger partial charge >= 0.3 is 0 Å². The van der Waals surface area contributed by atoms with Crippen molar-refractivity contribution in [3.05, 3.63) is 39.8 Å². The molecule has 2 aliphatic carbocycles. The molecule has 4 rings (SSSR count). The van der Waals surface area contributed by atoms with Crippen molar-refractivity contribution in [1.29, 1.82) is 0 Å². The zero-order chi connectivity index (χ0) is 16.0. The molecule has 122 valence electrons. The summed E-state index contributed by atoms with van der Waals surface area (Å²) >= 11 is 6.38. The Morgan fingerprint density at radius 1 is 1.22 bits per heavy atom. The second kappa shape index (κ2) is 5.84. The number of halogens is 1. The van der Waals surface area contributed by atoms with Crippen LogP contribution in [0.4, 0.5) is 0 Å². The molecular formula is C18H21ClN2O2. The first-order valence-electron chi connectivity index (χ1n) is 8.35. The standard InChI is InChI=1S/C18H21ClN2O2/c19-15-9-14-10(4-5-21-18(14)22)8-16(15)23-17-11-2-1-3-12(17)7-13(20)6-11/h4-5,8-9,11-13,17H,1-3,6-7,20H2,(H,21,22)/t11-,12+,13+,17?. The van der Waals surface area contributed by atoms with Crippen LogP contribution in [0.25, 0.3) is 10.8 Å². The molecule has 1 aromatic carbocycles. The highest BCUT2D eigenvalue weighted by Crippen LogP contribution is 2.43. The minimum atomic E-state index is -0.128. The lowest BCUT2D eigenvalue weighted by atomic mass is 9.68. The molecule has 2 aliphatic rings. The second-order valence-electron chi connectivity index (χ2n) is 6.94. The highest BCUT2D eigenvalue weighted by atomic mass is 35.5. The maximum atomic E-state index is 11.9. The number of aromatic nitrogens is 1. The fourth-order valence-electron chi connectivity index (χ4n) is 4.35. The summed E-state index contributed by atoms with van der Waals surface area (Å²) in [5, 5.41) is 1.95. The van der Waals surface area contributed by atoms with Gasteiger partial charge in [0.25, 0.3) is 5.56 Å². The van der Waals surface area contributed by atoms with Crippen LogP contribution >= 0.6 is 11.6 Å². The summed E-state index contributed by atoms with van der Waals surface area (Å²) in [6.45, 7) is 0. The number of hydrogen-bond donors (Lipinski definition) is 2. The predicted octanol–water partition coefficient (Wildman–Crippen LogP) is 3.47. The number of H-pyrrole nitrogens is 1. The molecular weight excluding hydrogens is 312 g/mol. The van der Waals surface area contributed by atoms with E-state index in [1.165, 1.54) is 19.3 Å². The zero-order valence-electron chi connectivity index (χ0n) is 12.9. The van der Waals surface area contributed by atoms with E-state index in [1.807, 2.05) is 12.1 Å². The first-order valence-corrected chi connectivity index (χ1v) is 8.73. The molecule has 2 bridgehead atoms. The van der Waals surface area contributed by atoms with E-state index >= 15 is 0 Å². The maximum absolute atomic E-state index is 11.9. The second-order valence-corrected chi connectivity index (χ2v) is 7.35. The highest BCUT2D eigenvalue weighted by molar-refractivity contribution is 6.32. The Balaban J connectivity index is 1.67. The van der Waals surface area contributed by atoms with E-state index in [-0.39, 0.29) is 11.7 Å². The van der Waals surface area contributed by atoms with Crippen LogP contribution in [-0.4, -0.2) is 17.1 Å². The molecule has 1 heterocycles. The monoisotopic (exact) mass is 332 g/mol. The van der Waals surface area contributed by atoms with Gasteiger partial charge in [-0.05, 0) is 61.1 Å². The first-order chi connectivity index (χ1) is 11.1. The molecule has 2 fully saturated rings. The van der Waals surface area contributed by atoms with Gasteiger partial charge in [-0.3, -0.25) is 4.79 Å². The van der Waals surface area contributed by atoms with Crippen molar-refractivity contribution in [2.24, 2.45) is 17.6 Å². The summed E-state index contributed by atoms with van der Waals surface area (Å²) in [4.78, 5) is 14.5. The van der Waals surface area contributed by atoms with Gasteiger partial charge in [-0.2, -0.15) is 0 Å². The molecule has 3 N–H and O–H groups in total. The topological polar surface area (TPSA) is 68.1 Å². The summed E-state index contributed by atoms with van der Waals surface area (Å²) in [5.74, 6) is 1.72. The van der Waals surface area contributed by atoms with Crippen LogP contribution in [0.15, 0.2) is 29.2 Å². The van der Waals surface area contributed by atoms with E-state index in [4.69, 9.17) is 22.1 Å². The lowest BCUT2D eigenvalue weighted by Gasteiger charge is -2.44. The number of fused-ring (bicyclic) bond motifs is 3. The number of benzene rings is 1. The van der Waals surface area contributed by atoms with Crippen molar-refractivity contribution in [3.8, 4) is 5.75 Å². The molecule has 1 unspecified atom stereocenters. The third-order valence-electron chi connectivity index (χ3n) is 5.38. The molecule has 2 saturated carbocycles. The van der Waals surface area contributed by atoms with Crippen LogP contribution in [0.5, 0.6) is 5.75 Å². The maximum Gasteiger partial charge on any atom is 0.255 e. The van der Waals surface area contributed by atoms with Gasteiger partial charge in [0, 0.05) is 17.6 Å². The number of pyridine rings is 1. The zero-order valence-corrected chi connectivity index (χ0v) is 13.7. The molecule has 5 heteroatoms. The van der Waals surface area contributed by atoms with Gasteiger partial charge in [-0.25, -0.2) is 0 Å². The molecule has 23 heavy (non-hydrogen) atoms. The number of nitrogens with two attached hydrogens (primary N) is 1. The number of nitrogens with one attached hydrogen (secondary N) is 1. The number of rotatable bonds is 2. The Labute approximate surface area is 140 Å². The van der Waals surface area contributed by atoms with Gasteiger partial charge in [0.05, 0.1) is 5.02 Å². The van der Waals surface area contributed by atoms with Crippen molar-refractivity contribution in [3.63, 3.8) is 0 Å².